The van der Waals surface area contributed by atoms with Crippen LogP contribution in [0.4, 0.5) is 14.5 Å². The molecule has 22 heavy (non-hydrogen) atoms. The van der Waals surface area contributed by atoms with Crippen molar-refractivity contribution in [2.45, 2.75) is 33.5 Å². The zero-order chi connectivity index (χ0) is 16.1. The fourth-order valence-electron chi connectivity index (χ4n) is 1.91. The van der Waals surface area contributed by atoms with Crippen molar-refractivity contribution in [1.82, 2.24) is 14.8 Å². The van der Waals surface area contributed by atoms with Crippen LogP contribution in [-0.2, 0) is 13.1 Å². The minimum Gasteiger partial charge on any atom is -0.435 e. The van der Waals surface area contributed by atoms with Crippen LogP contribution in [0.5, 0.6) is 5.75 Å². The van der Waals surface area contributed by atoms with Crippen molar-refractivity contribution in [1.29, 1.82) is 0 Å². The molecule has 120 valence electrons. The Morgan fingerprint density at radius 2 is 2.14 bits per heavy atom. The van der Waals surface area contributed by atoms with E-state index in [9.17, 15) is 8.78 Å². The first-order chi connectivity index (χ1) is 10.5. The van der Waals surface area contributed by atoms with Crippen LogP contribution in [0.15, 0.2) is 24.5 Å². The average Bonchev–Trinajstić information content (AvgIpc) is 2.83. The third kappa shape index (κ3) is 4.56. The van der Waals surface area contributed by atoms with Crippen molar-refractivity contribution in [2.24, 2.45) is 5.92 Å². The molecule has 0 radical (unpaired) electrons. The van der Waals surface area contributed by atoms with Gasteiger partial charge in [0.2, 0.25) is 0 Å². The second-order valence-corrected chi connectivity index (χ2v) is 5.53. The van der Waals surface area contributed by atoms with Gasteiger partial charge in [-0.25, -0.2) is 9.67 Å². The van der Waals surface area contributed by atoms with E-state index in [0.29, 0.717) is 23.2 Å². The van der Waals surface area contributed by atoms with Gasteiger partial charge in [-0.2, -0.15) is 13.9 Å². The smallest absolute Gasteiger partial charge is 0.387 e. The summed E-state index contributed by atoms with van der Waals surface area (Å²) >= 11 is 6.05. The highest BCUT2D eigenvalue weighted by molar-refractivity contribution is 6.33. The lowest BCUT2D eigenvalue weighted by Gasteiger charge is -2.12. The molecular formula is C14H17ClF2N4O. The molecule has 1 N–H and O–H groups in total. The predicted molar refractivity (Wildman–Crippen MR) is 80.3 cm³/mol. The minimum absolute atomic E-state index is 0.0218. The molecule has 0 aliphatic rings. The largest absolute Gasteiger partial charge is 0.435 e. The molecule has 0 aliphatic carbocycles. The lowest BCUT2D eigenvalue weighted by Crippen LogP contribution is -2.13. The van der Waals surface area contributed by atoms with Gasteiger partial charge in [-0.1, -0.05) is 25.4 Å². The van der Waals surface area contributed by atoms with Crippen LogP contribution in [0.1, 0.15) is 19.7 Å². The van der Waals surface area contributed by atoms with Gasteiger partial charge in [-0.15, -0.1) is 0 Å². The van der Waals surface area contributed by atoms with E-state index < -0.39 is 6.61 Å². The third-order valence-corrected chi connectivity index (χ3v) is 3.15. The standard InChI is InChI=1S/C14H17ClF2N4O/c1-9(2)7-21-13(19-8-20-21)6-18-12-4-3-10(5-11(12)15)22-14(16)17/h3-5,8-9,14,18H,6-7H2,1-2H3. The lowest BCUT2D eigenvalue weighted by molar-refractivity contribution is -0.0498. The lowest BCUT2D eigenvalue weighted by atomic mass is 10.2. The highest BCUT2D eigenvalue weighted by Gasteiger charge is 2.09. The van der Waals surface area contributed by atoms with Gasteiger partial charge in [0.25, 0.3) is 0 Å². The van der Waals surface area contributed by atoms with Crippen molar-refractivity contribution in [3.63, 3.8) is 0 Å². The van der Waals surface area contributed by atoms with Crippen molar-refractivity contribution in [2.75, 3.05) is 5.32 Å². The summed E-state index contributed by atoms with van der Waals surface area (Å²) in [5, 5.41) is 7.58. The minimum atomic E-state index is -2.87. The molecule has 1 heterocycles. The van der Waals surface area contributed by atoms with Crippen LogP contribution in [0, 0.1) is 5.92 Å². The maximum absolute atomic E-state index is 12.1. The SMILES string of the molecule is CC(C)Cn1ncnc1CNc1ccc(OC(F)F)cc1Cl. The number of nitrogens with zero attached hydrogens (tertiary/aromatic N) is 3. The fourth-order valence-corrected chi connectivity index (χ4v) is 2.15. The maximum atomic E-state index is 12.1. The van der Waals surface area contributed by atoms with Crippen molar-refractivity contribution in [3.8, 4) is 5.75 Å². The molecule has 2 rings (SSSR count). The molecule has 1 aromatic carbocycles. The van der Waals surface area contributed by atoms with Gasteiger partial charge in [0.1, 0.15) is 17.9 Å². The van der Waals surface area contributed by atoms with Gasteiger partial charge < -0.3 is 10.1 Å². The van der Waals surface area contributed by atoms with Gasteiger partial charge in [0, 0.05) is 12.6 Å². The maximum Gasteiger partial charge on any atom is 0.387 e. The predicted octanol–water partition coefficient (Wildman–Crippen LogP) is 3.80. The van der Waals surface area contributed by atoms with Crippen LogP contribution in [-0.4, -0.2) is 21.4 Å². The number of rotatable bonds is 7. The molecule has 0 unspecified atom stereocenters. The fraction of sp³-hybridized carbons (Fsp3) is 0.429. The average molecular weight is 331 g/mol. The van der Waals surface area contributed by atoms with E-state index in [-0.39, 0.29) is 5.75 Å². The Hall–Kier alpha value is -1.89. The molecule has 0 aliphatic heterocycles. The molecule has 0 bridgehead atoms. The van der Waals surface area contributed by atoms with Gasteiger partial charge >= 0.3 is 6.61 Å². The first kappa shape index (κ1) is 16.5. The molecule has 8 heteroatoms. The molecule has 0 spiro atoms. The molecular weight excluding hydrogens is 314 g/mol. The number of alkyl halides is 2. The van der Waals surface area contributed by atoms with Gasteiger partial charge in [-0.3, -0.25) is 0 Å². The van der Waals surface area contributed by atoms with E-state index in [1.54, 1.807) is 6.07 Å². The number of hydrogen-bond donors (Lipinski definition) is 1. The van der Waals surface area contributed by atoms with Crippen molar-refractivity contribution in [3.05, 3.63) is 35.4 Å². The molecule has 0 saturated heterocycles. The Labute approximate surface area is 132 Å². The summed E-state index contributed by atoms with van der Waals surface area (Å²) in [7, 11) is 0. The highest BCUT2D eigenvalue weighted by atomic mass is 35.5. The summed E-state index contributed by atoms with van der Waals surface area (Å²) in [4.78, 5) is 4.19. The van der Waals surface area contributed by atoms with E-state index in [1.165, 1.54) is 18.5 Å². The molecule has 1 aromatic heterocycles. The monoisotopic (exact) mass is 330 g/mol. The zero-order valence-corrected chi connectivity index (χ0v) is 13.0. The van der Waals surface area contributed by atoms with Gasteiger partial charge in [0.05, 0.1) is 17.3 Å². The number of ether oxygens (including phenoxy) is 1. The summed E-state index contributed by atoms with van der Waals surface area (Å²) in [5.41, 5.74) is 0.613. The summed E-state index contributed by atoms with van der Waals surface area (Å²) in [5.74, 6) is 1.25. The first-order valence-electron chi connectivity index (χ1n) is 6.80. The molecule has 0 fully saturated rings. The Morgan fingerprint density at radius 1 is 1.36 bits per heavy atom. The van der Waals surface area contributed by atoms with Crippen LogP contribution in [0.3, 0.4) is 0 Å². The summed E-state index contributed by atoms with van der Waals surface area (Å²) in [6.45, 7) is 2.52. The Bertz CT molecular complexity index is 619. The van der Waals surface area contributed by atoms with Crippen LogP contribution in [0.2, 0.25) is 5.02 Å². The number of anilines is 1. The zero-order valence-electron chi connectivity index (χ0n) is 12.3. The van der Waals surface area contributed by atoms with Crippen molar-refractivity contribution < 1.29 is 13.5 Å². The molecule has 5 nitrogen and oxygen atoms in total. The Morgan fingerprint density at radius 3 is 2.77 bits per heavy atom. The van der Waals surface area contributed by atoms with E-state index in [4.69, 9.17) is 11.6 Å². The molecule has 0 saturated carbocycles. The highest BCUT2D eigenvalue weighted by Crippen LogP contribution is 2.28. The van der Waals surface area contributed by atoms with E-state index >= 15 is 0 Å². The second kappa shape index (κ2) is 7.40. The van der Waals surface area contributed by atoms with Crippen LogP contribution >= 0.6 is 11.6 Å². The van der Waals surface area contributed by atoms with Crippen LogP contribution < -0.4 is 10.1 Å². The topological polar surface area (TPSA) is 52.0 Å². The summed E-state index contributed by atoms with van der Waals surface area (Å²) < 4.78 is 30.4. The summed E-state index contributed by atoms with van der Waals surface area (Å²) in [6, 6.07) is 4.36. The summed E-state index contributed by atoms with van der Waals surface area (Å²) in [6.07, 6.45) is 1.50. The van der Waals surface area contributed by atoms with Gasteiger partial charge in [-0.05, 0) is 18.1 Å². The molecule has 0 amide bonds. The number of benzene rings is 1. The third-order valence-electron chi connectivity index (χ3n) is 2.84. The molecule has 2 aromatic rings. The normalized spacial score (nSPS) is 11.2. The number of hydrogen-bond acceptors (Lipinski definition) is 4. The number of aromatic nitrogens is 3. The van der Waals surface area contributed by atoms with Crippen LogP contribution in [0.25, 0.3) is 0 Å². The molecule has 0 atom stereocenters. The number of nitrogens with one attached hydrogen (secondary N) is 1. The van der Waals surface area contributed by atoms with E-state index in [1.807, 2.05) is 4.68 Å². The Balaban J connectivity index is 2.01. The second-order valence-electron chi connectivity index (χ2n) is 5.13. The quantitative estimate of drug-likeness (QED) is 0.839. The first-order valence-corrected chi connectivity index (χ1v) is 7.18. The van der Waals surface area contributed by atoms with Gasteiger partial charge in [0.15, 0.2) is 0 Å². The van der Waals surface area contributed by atoms with Crippen molar-refractivity contribution >= 4 is 17.3 Å². The van der Waals surface area contributed by atoms with E-state index in [0.717, 1.165) is 12.4 Å². The van der Waals surface area contributed by atoms with E-state index in [2.05, 4.69) is 34.0 Å². The Kier molecular flexibility index (Phi) is 5.54. The number of halogens is 3.